The molecule has 0 amide bonds. The standard InChI is InChI=1S/C11H6BNO/c12-9-3-1-2-8-7-4-5-13-6-10(7)14-11(8)9/h1-6H. The Morgan fingerprint density at radius 2 is 2.07 bits per heavy atom. The maximum atomic E-state index is 5.81. The lowest BCUT2D eigenvalue weighted by Crippen LogP contribution is -2.00. The van der Waals surface area contributed by atoms with Gasteiger partial charge in [0, 0.05) is 17.0 Å². The summed E-state index contributed by atoms with van der Waals surface area (Å²) < 4.78 is 5.60. The third-order valence-electron chi connectivity index (χ3n) is 2.33. The highest BCUT2D eigenvalue weighted by Gasteiger charge is 2.06. The van der Waals surface area contributed by atoms with Crippen molar-refractivity contribution in [3.63, 3.8) is 0 Å². The van der Waals surface area contributed by atoms with Gasteiger partial charge < -0.3 is 4.42 Å². The number of benzene rings is 1. The maximum absolute atomic E-state index is 5.81. The van der Waals surface area contributed by atoms with Crippen molar-refractivity contribution in [1.82, 2.24) is 4.98 Å². The smallest absolute Gasteiger partial charge is 0.153 e. The van der Waals surface area contributed by atoms with Gasteiger partial charge in [-0.15, -0.1) is 0 Å². The van der Waals surface area contributed by atoms with Crippen LogP contribution in [0.15, 0.2) is 41.1 Å². The van der Waals surface area contributed by atoms with Crippen LogP contribution < -0.4 is 5.46 Å². The van der Waals surface area contributed by atoms with Gasteiger partial charge >= 0.3 is 0 Å². The molecule has 0 N–H and O–H groups in total. The third kappa shape index (κ3) is 0.895. The topological polar surface area (TPSA) is 26.0 Å². The minimum atomic E-state index is 0.665. The Hall–Kier alpha value is -1.77. The summed E-state index contributed by atoms with van der Waals surface area (Å²) in [5.74, 6) is 0. The molecule has 2 radical (unpaired) electrons. The van der Waals surface area contributed by atoms with E-state index < -0.39 is 0 Å². The van der Waals surface area contributed by atoms with Gasteiger partial charge in [-0.3, -0.25) is 4.98 Å². The average molecular weight is 179 g/mol. The van der Waals surface area contributed by atoms with Crippen molar-refractivity contribution in [1.29, 1.82) is 0 Å². The molecule has 64 valence electrons. The Morgan fingerprint density at radius 3 is 3.00 bits per heavy atom. The van der Waals surface area contributed by atoms with E-state index in [4.69, 9.17) is 12.3 Å². The predicted molar refractivity (Wildman–Crippen MR) is 56.9 cm³/mol. The first-order chi connectivity index (χ1) is 6.86. The number of rotatable bonds is 0. The molecule has 14 heavy (non-hydrogen) atoms. The van der Waals surface area contributed by atoms with E-state index in [9.17, 15) is 0 Å². The van der Waals surface area contributed by atoms with Crippen molar-refractivity contribution < 1.29 is 4.42 Å². The zero-order valence-electron chi connectivity index (χ0n) is 7.40. The number of fused-ring (bicyclic) bond motifs is 3. The SMILES string of the molecule is [B]c1cccc2c1oc1cnccc12. The van der Waals surface area contributed by atoms with E-state index in [-0.39, 0.29) is 0 Å². The van der Waals surface area contributed by atoms with Crippen LogP contribution in [0.25, 0.3) is 21.9 Å². The van der Waals surface area contributed by atoms with Crippen LogP contribution in [0.1, 0.15) is 0 Å². The molecule has 2 nitrogen and oxygen atoms in total. The zero-order chi connectivity index (χ0) is 9.54. The first-order valence-electron chi connectivity index (χ1n) is 4.37. The van der Waals surface area contributed by atoms with Crippen molar-refractivity contribution in [2.75, 3.05) is 0 Å². The van der Waals surface area contributed by atoms with E-state index in [0.29, 0.717) is 5.46 Å². The molecule has 3 rings (SSSR count). The van der Waals surface area contributed by atoms with Crippen LogP contribution >= 0.6 is 0 Å². The minimum absolute atomic E-state index is 0.665. The molecule has 0 saturated carbocycles. The van der Waals surface area contributed by atoms with Crippen LogP contribution in [0.2, 0.25) is 0 Å². The van der Waals surface area contributed by atoms with Crippen molar-refractivity contribution in [3.8, 4) is 0 Å². The van der Waals surface area contributed by atoms with E-state index in [0.717, 1.165) is 21.9 Å². The molecular weight excluding hydrogens is 173 g/mol. The first-order valence-corrected chi connectivity index (χ1v) is 4.37. The lowest BCUT2D eigenvalue weighted by Gasteiger charge is -1.91. The molecule has 3 heteroatoms. The summed E-state index contributed by atoms with van der Waals surface area (Å²) in [5, 5.41) is 2.10. The normalized spacial score (nSPS) is 11.1. The second-order valence-electron chi connectivity index (χ2n) is 3.20. The molecule has 0 fully saturated rings. The molecule has 0 bridgehead atoms. The number of hydrogen-bond acceptors (Lipinski definition) is 2. The molecule has 3 aromatic rings. The highest BCUT2D eigenvalue weighted by molar-refractivity contribution is 6.39. The van der Waals surface area contributed by atoms with Gasteiger partial charge in [0.15, 0.2) is 5.58 Å². The molecule has 1 aromatic carbocycles. The predicted octanol–water partition coefficient (Wildman–Crippen LogP) is 1.77. The minimum Gasteiger partial charge on any atom is -0.455 e. The van der Waals surface area contributed by atoms with Crippen LogP contribution in [0.3, 0.4) is 0 Å². The fourth-order valence-corrected chi connectivity index (χ4v) is 1.67. The summed E-state index contributed by atoms with van der Waals surface area (Å²) in [6.07, 6.45) is 3.45. The van der Waals surface area contributed by atoms with Crippen molar-refractivity contribution in [2.45, 2.75) is 0 Å². The van der Waals surface area contributed by atoms with Gasteiger partial charge in [-0.2, -0.15) is 0 Å². The molecule has 0 spiro atoms. The van der Waals surface area contributed by atoms with Crippen molar-refractivity contribution >= 4 is 35.2 Å². The molecule has 2 aromatic heterocycles. The Morgan fingerprint density at radius 1 is 1.14 bits per heavy atom. The Labute approximate surface area is 82.0 Å². The summed E-state index contributed by atoms with van der Waals surface area (Å²) in [5.41, 5.74) is 2.19. The maximum Gasteiger partial charge on any atom is 0.153 e. The van der Waals surface area contributed by atoms with Gasteiger partial charge in [0.05, 0.1) is 6.20 Å². The van der Waals surface area contributed by atoms with Gasteiger partial charge in [-0.05, 0) is 6.07 Å². The van der Waals surface area contributed by atoms with Crippen LogP contribution in [0.4, 0.5) is 0 Å². The average Bonchev–Trinajstić information content (AvgIpc) is 2.59. The molecular formula is C11H6BNO. The summed E-state index contributed by atoms with van der Waals surface area (Å²) in [6.45, 7) is 0. The van der Waals surface area contributed by atoms with Crippen LogP contribution in [-0.2, 0) is 0 Å². The molecule has 0 aliphatic heterocycles. The molecule has 0 saturated heterocycles. The lowest BCUT2D eigenvalue weighted by molar-refractivity contribution is 0.669. The first kappa shape index (κ1) is 7.62. The summed E-state index contributed by atoms with van der Waals surface area (Å²) >= 11 is 0. The molecule has 0 aliphatic carbocycles. The fourth-order valence-electron chi connectivity index (χ4n) is 1.67. The summed E-state index contributed by atoms with van der Waals surface area (Å²) in [6, 6.07) is 7.68. The molecule has 2 heterocycles. The van der Waals surface area contributed by atoms with E-state index in [2.05, 4.69) is 4.98 Å². The quantitative estimate of drug-likeness (QED) is 0.491. The summed E-state index contributed by atoms with van der Waals surface area (Å²) in [7, 11) is 5.81. The highest BCUT2D eigenvalue weighted by atomic mass is 16.3. The number of furan rings is 1. The lowest BCUT2D eigenvalue weighted by atomic mass is 9.94. The summed E-state index contributed by atoms with van der Waals surface area (Å²) in [4.78, 5) is 4.00. The van der Waals surface area contributed by atoms with E-state index in [1.165, 1.54) is 0 Å². The fraction of sp³-hybridized carbons (Fsp3) is 0. The van der Waals surface area contributed by atoms with Gasteiger partial charge in [0.1, 0.15) is 13.4 Å². The van der Waals surface area contributed by atoms with Gasteiger partial charge in [0.25, 0.3) is 0 Å². The Balaban J connectivity index is 2.63. The number of pyridine rings is 1. The number of aromatic nitrogens is 1. The van der Waals surface area contributed by atoms with Crippen molar-refractivity contribution in [2.24, 2.45) is 0 Å². The molecule has 0 aliphatic rings. The van der Waals surface area contributed by atoms with Crippen LogP contribution in [-0.4, -0.2) is 12.8 Å². The van der Waals surface area contributed by atoms with Gasteiger partial charge in [-0.25, -0.2) is 0 Å². The van der Waals surface area contributed by atoms with E-state index in [1.54, 1.807) is 12.4 Å². The third-order valence-corrected chi connectivity index (χ3v) is 2.33. The zero-order valence-corrected chi connectivity index (χ0v) is 7.40. The van der Waals surface area contributed by atoms with E-state index >= 15 is 0 Å². The van der Waals surface area contributed by atoms with E-state index in [1.807, 2.05) is 24.3 Å². The monoisotopic (exact) mass is 179 g/mol. The Bertz CT molecular complexity index is 615. The molecule has 0 unspecified atom stereocenters. The number of nitrogens with zero attached hydrogens (tertiary/aromatic N) is 1. The number of hydrogen-bond donors (Lipinski definition) is 0. The molecule has 0 atom stereocenters. The largest absolute Gasteiger partial charge is 0.455 e. The highest BCUT2D eigenvalue weighted by Crippen LogP contribution is 2.25. The van der Waals surface area contributed by atoms with Crippen molar-refractivity contribution in [3.05, 3.63) is 36.7 Å². The Kier molecular flexibility index (Phi) is 1.42. The second-order valence-corrected chi connectivity index (χ2v) is 3.20. The van der Waals surface area contributed by atoms with Crippen LogP contribution in [0.5, 0.6) is 0 Å². The van der Waals surface area contributed by atoms with Gasteiger partial charge in [0.2, 0.25) is 0 Å². The number of para-hydroxylation sites is 1. The van der Waals surface area contributed by atoms with Crippen LogP contribution in [0, 0.1) is 0 Å². The van der Waals surface area contributed by atoms with Gasteiger partial charge in [-0.1, -0.05) is 23.7 Å². The second kappa shape index (κ2) is 2.61.